The summed E-state index contributed by atoms with van der Waals surface area (Å²) in [5.41, 5.74) is 2.00. The molecule has 2 N–H and O–H groups in total. The lowest BCUT2D eigenvalue weighted by atomic mass is 10.2. The first-order valence-corrected chi connectivity index (χ1v) is 10.6. The molecule has 0 aliphatic carbocycles. The van der Waals surface area contributed by atoms with E-state index in [1.54, 1.807) is 19.1 Å². The zero-order valence-electron chi connectivity index (χ0n) is 13.3. The van der Waals surface area contributed by atoms with Crippen LogP contribution in [0.15, 0.2) is 41.3 Å². The maximum Gasteiger partial charge on any atom is 0.262 e. The highest BCUT2D eigenvalue weighted by Crippen LogP contribution is 2.28. The summed E-state index contributed by atoms with van der Waals surface area (Å²) in [6, 6.07) is 9.20. The van der Waals surface area contributed by atoms with Gasteiger partial charge < -0.3 is 0 Å². The molecule has 0 heterocycles. The Morgan fingerprint density at radius 2 is 1.58 bits per heavy atom. The fourth-order valence-electron chi connectivity index (χ4n) is 2.17. The lowest BCUT2D eigenvalue weighted by molar-refractivity contribution is 0.600. The molecule has 0 spiro atoms. The molecule has 0 saturated carbocycles. The van der Waals surface area contributed by atoms with Crippen molar-refractivity contribution < 1.29 is 16.8 Å². The van der Waals surface area contributed by atoms with Gasteiger partial charge in [-0.2, -0.15) is 0 Å². The van der Waals surface area contributed by atoms with Crippen molar-refractivity contribution in [1.82, 2.24) is 0 Å². The molecule has 0 aromatic heterocycles. The molecule has 0 bridgehead atoms. The number of aryl methyl sites for hydroxylation is 2. The van der Waals surface area contributed by atoms with E-state index in [4.69, 9.17) is 11.6 Å². The predicted molar refractivity (Wildman–Crippen MR) is 96.6 cm³/mol. The highest BCUT2D eigenvalue weighted by molar-refractivity contribution is 7.92. The van der Waals surface area contributed by atoms with Gasteiger partial charge in [-0.15, -0.1) is 0 Å². The molecule has 130 valence electrons. The van der Waals surface area contributed by atoms with Crippen LogP contribution in [0, 0.1) is 13.8 Å². The summed E-state index contributed by atoms with van der Waals surface area (Å²) in [4.78, 5) is 0.169. The summed E-state index contributed by atoms with van der Waals surface area (Å²) in [6.07, 6.45) is 1.00. The number of hydrogen-bond donors (Lipinski definition) is 2. The Kier molecular flexibility index (Phi) is 5.12. The van der Waals surface area contributed by atoms with Crippen molar-refractivity contribution in [3.8, 4) is 0 Å². The second-order valence-electron chi connectivity index (χ2n) is 5.44. The Labute approximate surface area is 147 Å². The van der Waals surface area contributed by atoms with Crippen LogP contribution in [-0.2, 0) is 20.0 Å². The van der Waals surface area contributed by atoms with Crippen LogP contribution in [0.1, 0.15) is 11.1 Å². The van der Waals surface area contributed by atoms with E-state index in [0.717, 1.165) is 11.8 Å². The molecule has 6 nitrogen and oxygen atoms in total. The van der Waals surface area contributed by atoms with Crippen LogP contribution in [-0.4, -0.2) is 23.1 Å². The minimum Gasteiger partial charge on any atom is -0.282 e. The van der Waals surface area contributed by atoms with Gasteiger partial charge >= 0.3 is 0 Å². The second kappa shape index (κ2) is 6.62. The van der Waals surface area contributed by atoms with Crippen LogP contribution in [0.3, 0.4) is 0 Å². The topological polar surface area (TPSA) is 92.3 Å². The smallest absolute Gasteiger partial charge is 0.262 e. The van der Waals surface area contributed by atoms with Gasteiger partial charge in [0.15, 0.2) is 0 Å². The summed E-state index contributed by atoms with van der Waals surface area (Å²) in [5.74, 6) is 0. The number of benzene rings is 2. The van der Waals surface area contributed by atoms with Gasteiger partial charge in [0.2, 0.25) is 10.0 Å². The Morgan fingerprint density at radius 3 is 2.12 bits per heavy atom. The third kappa shape index (κ3) is 4.62. The molecule has 2 rings (SSSR count). The summed E-state index contributed by atoms with van der Waals surface area (Å²) >= 11 is 6.00. The van der Waals surface area contributed by atoms with Crippen LogP contribution < -0.4 is 9.44 Å². The first-order chi connectivity index (χ1) is 11.0. The number of sulfonamides is 2. The summed E-state index contributed by atoms with van der Waals surface area (Å²) < 4.78 is 52.1. The Morgan fingerprint density at radius 1 is 0.917 bits per heavy atom. The van der Waals surface area contributed by atoms with Crippen molar-refractivity contribution in [2.24, 2.45) is 0 Å². The lowest BCUT2D eigenvalue weighted by Gasteiger charge is -2.12. The molecule has 24 heavy (non-hydrogen) atoms. The molecule has 0 atom stereocenters. The Bertz CT molecular complexity index is 987. The molecule has 2 aromatic carbocycles. The number of rotatable bonds is 5. The van der Waals surface area contributed by atoms with E-state index in [9.17, 15) is 16.8 Å². The standard InChI is InChI=1S/C15H17ClN2O4S2/c1-10-4-7-15(11(2)8-10)24(21,22)17-12-5-6-14(13(16)9-12)18-23(3,19)20/h4-9,17-18H,1-3H3. The number of nitrogens with one attached hydrogen (secondary N) is 2. The van der Waals surface area contributed by atoms with Gasteiger partial charge in [-0.1, -0.05) is 29.3 Å². The zero-order valence-corrected chi connectivity index (χ0v) is 15.7. The fourth-order valence-corrected chi connectivity index (χ4v) is 4.31. The minimum atomic E-state index is -3.77. The van der Waals surface area contributed by atoms with E-state index in [-0.39, 0.29) is 21.3 Å². The molecule has 0 aliphatic heterocycles. The molecule has 0 amide bonds. The third-order valence-corrected chi connectivity index (χ3v) is 5.58. The zero-order chi connectivity index (χ0) is 18.1. The Hall–Kier alpha value is -1.77. The van der Waals surface area contributed by atoms with Gasteiger partial charge in [0.05, 0.1) is 27.5 Å². The highest BCUT2D eigenvalue weighted by Gasteiger charge is 2.17. The molecule has 9 heteroatoms. The van der Waals surface area contributed by atoms with Crippen molar-refractivity contribution >= 4 is 43.0 Å². The minimum absolute atomic E-state index is 0.0845. The maximum absolute atomic E-state index is 12.5. The molecule has 0 aliphatic rings. The van der Waals surface area contributed by atoms with Crippen LogP contribution >= 0.6 is 11.6 Å². The van der Waals surface area contributed by atoms with Gasteiger partial charge in [-0.05, 0) is 43.7 Å². The molecule has 0 radical (unpaired) electrons. The van der Waals surface area contributed by atoms with E-state index in [1.807, 2.05) is 6.92 Å². The summed E-state index contributed by atoms with van der Waals surface area (Å²) in [7, 11) is -7.25. The van der Waals surface area contributed by atoms with E-state index >= 15 is 0 Å². The lowest BCUT2D eigenvalue weighted by Crippen LogP contribution is -2.15. The summed E-state index contributed by atoms with van der Waals surface area (Å²) in [5, 5.41) is 0.0845. The van der Waals surface area contributed by atoms with E-state index < -0.39 is 20.0 Å². The molecular formula is C15H17ClN2O4S2. The fraction of sp³-hybridized carbons (Fsp3) is 0.200. The quantitative estimate of drug-likeness (QED) is 0.822. The van der Waals surface area contributed by atoms with Gasteiger partial charge in [-0.25, -0.2) is 16.8 Å². The van der Waals surface area contributed by atoms with Crippen molar-refractivity contribution in [2.45, 2.75) is 18.7 Å². The van der Waals surface area contributed by atoms with Crippen molar-refractivity contribution in [3.05, 3.63) is 52.5 Å². The SMILES string of the molecule is Cc1ccc(S(=O)(=O)Nc2ccc(NS(C)(=O)=O)c(Cl)c2)c(C)c1. The van der Waals surface area contributed by atoms with Crippen molar-refractivity contribution in [2.75, 3.05) is 15.7 Å². The van der Waals surface area contributed by atoms with Crippen molar-refractivity contribution in [3.63, 3.8) is 0 Å². The van der Waals surface area contributed by atoms with Crippen LogP contribution in [0.25, 0.3) is 0 Å². The van der Waals surface area contributed by atoms with Crippen LogP contribution in [0.4, 0.5) is 11.4 Å². The van der Waals surface area contributed by atoms with E-state index in [0.29, 0.717) is 5.56 Å². The van der Waals surface area contributed by atoms with E-state index in [2.05, 4.69) is 9.44 Å². The van der Waals surface area contributed by atoms with Crippen LogP contribution in [0.2, 0.25) is 5.02 Å². The van der Waals surface area contributed by atoms with Gasteiger partial charge in [-0.3, -0.25) is 9.44 Å². The first-order valence-electron chi connectivity index (χ1n) is 6.85. The largest absolute Gasteiger partial charge is 0.282 e. The van der Waals surface area contributed by atoms with Gasteiger partial charge in [0.1, 0.15) is 0 Å². The van der Waals surface area contributed by atoms with Crippen molar-refractivity contribution in [1.29, 1.82) is 0 Å². The first kappa shape index (κ1) is 18.6. The predicted octanol–water partition coefficient (Wildman–Crippen LogP) is 3.13. The number of hydrogen-bond acceptors (Lipinski definition) is 4. The average Bonchev–Trinajstić information content (AvgIpc) is 2.39. The third-order valence-electron chi connectivity index (χ3n) is 3.14. The summed E-state index contributed by atoms with van der Waals surface area (Å²) in [6.45, 7) is 3.60. The number of halogens is 1. The van der Waals surface area contributed by atoms with Gasteiger partial charge in [0.25, 0.3) is 10.0 Å². The molecule has 0 saturated heterocycles. The van der Waals surface area contributed by atoms with Gasteiger partial charge in [0, 0.05) is 0 Å². The average molecular weight is 389 g/mol. The van der Waals surface area contributed by atoms with Crippen LogP contribution in [0.5, 0.6) is 0 Å². The maximum atomic E-state index is 12.5. The molecular weight excluding hydrogens is 372 g/mol. The highest BCUT2D eigenvalue weighted by atomic mass is 35.5. The number of anilines is 2. The molecule has 2 aromatic rings. The monoisotopic (exact) mass is 388 g/mol. The van der Waals surface area contributed by atoms with E-state index in [1.165, 1.54) is 24.3 Å². The second-order valence-corrected chi connectivity index (χ2v) is 9.25. The normalized spacial score (nSPS) is 12.0. The molecule has 0 fully saturated rings. The Balaban J connectivity index is 2.32. The molecule has 0 unspecified atom stereocenters.